The molecule has 3 aromatic carbocycles. The Bertz CT molecular complexity index is 1350. The Hall–Kier alpha value is -3.52. The van der Waals surface area contributed by atoms with E-state index in [0.717, 1.165) is 26.6 Å². The number of carbonyl (C=O) groups excluding carboxylic acids is 1. The molecular formula is C28H34N2O5S. The lowest BCUT2D eigenvalue weighted by molar-refractivity contribution is -0.120. The van der Waals surface area contributed by atoms with Gasteiger partial charge in [0.2, 0.25) is 5.91 Å². The van der Waals surface area contributed by atoms with Gasteiger partial charge in [-0.1, -0.05) is 29.8 Å². The number of nitrogens with one attached hydrogen (secondary N) is 1. The van der Waals surface area contributed by atoms with E-state index in [-0.39, 0.29) is 16.6 Å². The summed E-state index contributed by atoms with van der Waals surface area (Å²) >= 11 is 0. The molecule has 0 saturated heterocycles. The maximum atomic E-state index is 13.8. The molecule has 3 rings (SSSR count). The zero-order valence-corrected chi connectivity index (χ0v) is 22.7. The van der Waals surface area contributed by atoms with Crippen LogP contribution in [-0.4, -0.2) is 35.1 Å². The summed E-state index contributed by atoms with van der Waals surface area (Å²) in [6, 6.07) is 15.2. The van der Waals surface area contributed by atoms with Gasteiger partial charge in [0.05, 0.1) is 30.8 Å². The number of nitrogens with zero attached hydrogens (tertiary/aromatic N) is 1. The second kappa shape index (κ2) is 11.0. The molecule has 0 spiro atoms. The predicted octanol–water partition coefficient (Wildman–Crippen LogP) is 5.01. The van der Waals surface area contributed by atoms with E-state index in [9.17, 15) is 13.2 Å². The van der Waals surface area contributed by atoms with E-state index < -0.39 is 22.5 Å². The summed E-state index contributed by atoms with van der Waals surface area (Å²) in [5.41, 5.74) is 5.48. The number of benzene rings is 3. The zero-order chi connectivity index (χ0) is 26.6. The molecule has 0 saturated carbocycles. The lowest BCUT2D eigenvalue weighted by Gasteiger charge is -2.27. The first-order chi connectivity index (χ1) is 17.0. The summed E-state index contributed by atoms with van der Waals surface area (Å²) in [5, 5.41) is 2.97. The molecule has 0 fully saturated rings. The van der Waals surface area contributed by atoms with Gasteiger partial charge in [-0.2, -0.15) is 0 Å². The van der Waals surface area contributed by atoms with Crippen LogP contribution < -0.4 is 19.1 Å². The highest BCUT2D eigenvalue weighted by molar-refractivity contribution is 7.92. The van der Waals surface area contributed by atoms with Crippen LogP contribution in [0.2, 0.25) is 0 Å². The largest absolute Gasteiger partial charge is 0.497 e. The fourth-order valence-electron chi connectivity index (χ4n) is 4.07. The first kappa shape index (κ1) is 27.1. The maximum absolute atomic E-state index is 13.8. The highest BCUT2D eigenvalue weighted by Gasteiger charge is 2.30. The van der Waals surface area contributed by atoms with Crippen LogP contribution in [-0.2, 0) is 14.8 Å². The molecule has 8 heteroatoms. The maximum Gasteiger partial charge on any atom is 0.264 e. The van der Waals surface area contributed by atoms with Crippen LogP contribution in [0, 0.1) is 27.7 Å². The van der Waals surface area contributed by atoms with Gasteiger partial charge in [-0.3, -0.25) is 9.10 Å². The number of carbonyl (C=O) groups is 1. The van der Waals surface area contributed by atoms with Crippen LogP contribution >= 0.6 is 0 Å². The molecule has 0 aliphatic carbocycles. The van der Waals surface area contributed by atoms with E-state index in [1.165, 1.54) is 31.9 Å². The first-order valence-corrected chi connectivity index (χ1v) is 13.1. The Morgan fingerprint density at radius 3 is 2.14 bits per heavy atom. The van der Waals surface area contributed by atoms with Crippen molar-refractivity contribution < 1.29 is 22.7 Å². The molecule has 1 N–H and O–H groups in total. The minimum absolute atomic E-state index is 0.0730. The van der Waals surface area contributed by atoms with E-state index in [1.54, 1.807) is 30.3 Å². The first-order valence-electron chi connectivity index (χ1n) is 11.7. The molecule has 0 aliphatic rings. The molecule has 3 aromatic rings. The average Bonchev–Trinajstić information content (AvgIpc) is 2.84. The molecule has 1 atom stereocenters. The summed E-state index contributed by atoms with van der Waals surface area (Å²) in [5.74, 6) is 0.299. The standard InChI is InChI=1S/C28H34N2O5S/c1-18-8-11-24(12-9-18)36(32,33)30(26-16-23(34-6)10-13-27(26)35-7)17-28(31)29-22(5)25-15-20(3)19(2)14-21(25)4/h8-16,22H,17H2,1-7H3,(H,29,31)/t22-/m1/s1. The van der Waals surface area contributed by atoms with Gasteiger partial charge in [0.1, 0.15) is 18.0 Å². The number of ether oxygens (including phenoxy) is 2. The molecule has 0 radical (unpaired) electrons. The van der Waals surface area contributed by atoms with Crippen molar-refractivity contribution in [3.8, 4) is 11.5 Å². The lowest BCUT2D eigenvalue weighted by atomic mass is 9.96. The van der Waals surface area contributed by atoms with Gasteiger partial charge in [-0.15, -0.1) is 0 Å². The van der Waals surface area contributed by atoms with Crippen molar-refractivity contribution in [3.63, 3.8) is 0 Å². The normalized spacial score (nSPS) is 12.1. The SMILES string of the molecule is COc1ccc(OC)c(N(CC(=O)N[C@H](C)c2cc(C)c(C)cc2C)S(=O)(=O)c2ccc(C)cc2)c1. The molecule has 0 bridgehead atoms. The molecule has 0 aliphatic heterocycles. The smallest absolute Gasteiger partial charge is 0.264 e. The van der Waals surface area contributed by atoms with Gasteiger partial charge < -0.3 is 14.8 Å². The Labute approximate surface area is 214 Å². The third-order valence-electron chi connectivity index (χ3n) is 6.28. The molecule has 0 aromatic heterocycles. The fourth-order valence-corrected chi connectivity index (χ4v) is 5.50. The Balaban J connectivity index is 2.01. The molecule has 7 nitrogen and oxygen atoms in total. The Morgan fingerprint density at radius 1 is 0.889 bits per heavy atom. The van der Waals surface area contributed by atoms with E-state index in [4.69, 9.17) is 9.47 Å². The fraction of sp³-hybridized carbons (Fsp3) is 0.321. The van der Waals surface area contributed by atoms with Crippen molar-refractivity contribution in [1.29, 1.82) is 0 Å². The second-order valence-corrected chi connectivity index (χ2v) is 10.8. The van der Waals surface area contributed by atoms with Crippen molar-refractivity contribution in [2.24, 2.45) is 0 Å². The van der Waals surface area contributed by atoms with Gasteiger partial charge in [0.15, 0.2) is 0 Å². The number of hydrogen-bond donors (Lipinski definition) is 1. The summed E-state index contributed by atoms with van der Waals surface area (Å²) in [4.78, 5) is 13.3. The minimum Gasteiger partial charge on any atom is -0.497 e. The van der Waals surface area contributed by atoms with Gasteiger partial charge in [0, 0.05) is 6.07 Å². The van der Waals surface area contributed by atoms with Crippen molar-refractivity contribution in [2.45, 2.75) is 45.6 Å². The Morgan fingerprint density at radius 2 is 1.53 bits per heavy atom. The third kappa shape index (κ3) is 5.82. The molecule has 1 amide bonds. The lowest BCUT2D eigenvalue weighted by Crippen LogP contribution is -2.41. The summed E-state index contributed by atoms with van der Waals surface area (Å²) in [7, 11) is -1.17. The Kier molecular flexibility index (Phi) is 8.30. The van der Waals surface area contributed by atoms with Gasteiger partial charge >= 0.3 is 0 Å². The molecule has 36 heavy (non-hydrogen) atoms. The van der Waals surface area contributed by atoms with Crippen molar-refractivity contribution in [3.05, 3.63) is 82.4 Å². The van der Waals surface area contributed by atoms with Crippen LogP contribution in [0.15, 0.2) is 59.5 Å². The summed E-state index contributed by atoms with van der Waals surface area (Å²) in [6.07, 6.45) is 0. The van der Waals surface area contributed by atoms with Gasteiger partial charge in [-0.25, -0.2) is 8.42 Å². The van der Waals surface area contributed by atoms with E-state index >= 15 is 0 Å². The second-order valence-electron chi connectivity index (χ2n) is 8.94. The highest BCUT2D eigenvalue weighted by Crippen LogP contribution is 2.35. The number of sulfonamides is 1. The van der Waals surface area contributed by atoms with Crippen LogP contribution in [0.5, 0.6) is 11.5 Å². The number of methoxy groups -OCH3 is 2. The molecule has 0 heterocycles. The summed E-state index contributed by atoms with van der Waals surface area (Å²) < 4.78 is 39.4. The molecule has 0 unspecified atom stereocenters. The average molecular weight is 511 g/mol. The number of hydrogen-bond acceptors (Lipinski definition) is 5. The van der Waals surface area contributed by atoms with Crippen LogP contribution in [0.1, 0.15) is 40.8 Å². The number of amides is 1. The van der Waals surface area contributed by atoms with Crippen molar-refractivity contribution in [2.75, 3.05) is 25.1 Å². The van der Waals surface area contributed by atoms with Gasteiger partial charge in [-0.05, 0) is 81.1 Å². The molecular weight excluding hydrogens is 476 g/mol. The predicted molar refractivity (Wildman–Crippen MR) is 142 cm³/mol. The van der Waals surface area contributed by atoms with Crippen molar-refractivity contribution >= 4 is 21.6 Å². The summed E-state index contributed by atoms with van der Waals surface area (Å²) in [6.45, 7) is 9.40. The van der Waals surface area contributed by atoms with Crippen LogP contribution in [0.25, 0.3) is 0 Å². The number of aryl methyl sites for hydroxylation is 4. The van der Waals surface area contributed by atoms with E-state index in [0.29, 0.717) is 11.5 Å². The van der Waals surface area contributed by atoms with Crippen LogP contribution in [0.3, 0.4) is 0 Å². The zero-order valence-electron chi connectivity index (χ0n) is 21.9. The van der Waals surface area contributed by atoms with E-state index in [2.05, 4.69) is 17.4 Å². The van der Waals surface area contributed by atoms with Crippen LogP contribution in [0.4, 0.5) is 5.69 Å². The van der Waals surface area contributed by atoms with Crippen molar-refractivity contribution in [1.82, 2.24) is 5.32 Å². The van der Waals surface area contributed by atoms with Gasteiger partial charge in [0.25, 0.3) is 10.0 Å². The quantitative estimate of drug-likeness (QED) is 0.437. The number of rotatable bonds is 9. The highest BCUT2D eigenvalue weighted by atomic mass is 32.2. The molecule has 192 valence electrons. The monoisotopic (exact) mass is 510 g/mol. The van der Waals surface area contributed by atoms with E-state index in [1.807, 2.05) is 34.6 Å². The third-order valence-corrected chi connectivity index (χ3v) is 8.05. The minimum atomic E-state index is -4.11. The number of anilines is 1. The topological polar surface area (TPSA) is 84.9 Å².